The van der Waals surface area contributed by atoms with Gasteiger partial charge in [-0.3, -0.25) is 29.1 Å². The second-order valence-electron chi connectivity index (χ2n) is 10.4. The van der Waals surface area contributed by atoms with Crippen LogP contribution in [0.15, 0.2) is 97.3 Å². The van der Waals surface area contributed by atoms with Crippen LogP contribution in [-0.2, 0) is 20.8 Å². The normalized spacial score (nSPS) is 11.7. The number of ketones is 2. The molecule has 0 saturated carbocycles. The SMILES string of the molecule is CNC(=O)CCCCC(=O)c1ccc(C(C(=O)Cc2cccc3cccnc23)C(=O)Nc2cccc3cccnc23)cc1. The summed E-state index contributed by atoms with van der Waals surface area (Å²) in [5.74, 6) is -2.01. The number of carbonyl (C=O) groups excluding carboxylic acids is 4. The minimum atomic E-state index is -1.13. The summed E-state index contributed by atoms with van der Waals surface area (Å²) in [6.07, 6.45) is 5.24. The quantitative estimate of drug-likeness (QED) is 0.111. The summed E-state index contributed by atoms with van der Waals surface area (Å²) in [4.78, 5) is 60.9. The molecule has 0 fully saturated rings. The van der Waals surface area contributed by atoms with E-state index in [1.54, 1.807) is 49.8 Å². The molecule has 2 heterocycles. The Morgan fingerprint density at radius 3 is 2.07 bits per heavy atom. The van der Waals surface area contributed by atoms with Gasteiger partial charge in [-0.25, -0.2) is 0 Å². The smallest absolute Gasteiger partial charge is 0.239 e. The number of hydrogen-bond donors (Lipinski definition) is 2. The molecule has 3 aromatic carbocycles. The maximum absolute atomic E-state index is 13.9. The van der Waals surface area contributed by atoms with Crippen molar-refractivity contribution in [2.24, 2.45) is 0 Å². The number of amides is 2. The van der Waals surface area contributed by atoms with Gasteiger partial charge >= 0.3 is 0 Å². The number of Topliss-reactive ketones (excluding diaryl/α,β-unsaturated/α-hetero) is 2. The number of para-hydroxylation sites is 2. The third kappa shape index (κ3) is 6.98. The average Bonchev–Trinajstić information content (AvgIpc) is 3.03. The first-order valence-electron chi connectivity index (χ1n) is 14.3. The third-order valence-electron chi connectivity index (χ3n) is 7.46. The molecule has 0 aliphatic rings. The molecule has 0 radical (unpaired) electrons. The highest BCUT2D eigenvalue weighted by atomic mass is 16.2. The summed E-state index contributed by atoms with van der Waals surface area (Å²) in [6, 6.07) is 25.3. The average molecular weight is 573 g/mol. The third-order valence-corrected chi connectivity index (χ3v) is 7.46. The predicted molar refractivity (Wildman–Crippen MR) is 167 cm³/mol. The molecule has 5 rings (SSSR count). The second kappa shape index (κ2) is 13.6. The number of hydrogen-bond acceptors (Lipinski definition) is 6. The number of anilines is 1. The van der Waals surface area contributed by atoms with Gasteiger partial charge in [0.25, 0.3) is 0 Å². The molecule has 0 aliphatic heterocycles. The van der Waals surface area contributed by atoms with E-state index < -0.39 is 11.8 Å². The van der Waals surface area contributed by atoms with E-state index in [1.165, 1.54) is 0 Å². The summed E-state index contributed by atoms with van der Waals surface area (Å²) in [5, 5.41) is 7.29. The minimum absolute atomic E-state index is 0.00620. The van der Waals surface area contributed by atoms with Crippen molar-refractivity contribution in [3.63, 3.8) is 0 Å². The number of benzene rings is 3. The van der Waals surface area contributed by atoms with Gasteiger partial charge in [0.2, 0.25) is 11.8 Å². The van der Waals surface area contributed by atoms with E-state index in [0.29, 0.717) is 53.5 Å². The molecule has 1 unspecified atom stereocenters. The number of rotatable bonds is 12. The summed E-state index contributed by atoms with van der Waals surface area (Å²) < 4.78 is 0. The largest absolute Gasteiger partial charge is 0.359 e. The minimum Gasteiger partial charge on any atom is -0.359 e. The van der Waals surface area contributed by atoms with Gasteiger partial charge in [0, 0.05) is 55.0 Å². The molecular formula is C35H32N4O4. The topological polar surface area (TPSA) is 118 Å². The van der Waals surface area contributed by atoms with Crippen LogP contribution in [0.1, 0.15) is 53.1 Å². The van der Waals surface area contributed by atoms with Crippen LogP contribution in [0.5, 0.6) is 0 Å². The summed E-state index contributed by atoms with van der Waals surface area (Å²) in [6.45, 7) is 0. The molecular weight excluding hydrogens is 540 g/mol. The fourth-order valence-electron chi connectivity index (χ4n) is 5.20. The summed E-state index contributed by atoms with van der Waals surface area (Å²) >= 11 is 0. The van der Waals surface area contributed by atoms with E-state index in [0.717, 1.165) is 16.3 Å². The monoisotopic (exact) mass is 572 g/mol. The van der Waals surface area contributed by atoms with E-state index in [2.05, 4.69) is 20.6 Å². The Bertz CT molecular complexity index is 1700. The van der Waals surface area contributed by atoms with Crippen molar-refractivity contribution >= 4 is 50.9 Å². The lowest BCUT2D eigenvalue weighted by Gasteiger charge is -2.18. The molecule has 2 amide bonds. The number of nitrogens with zero attached hydrogens (tertiary/aromatic N) is 2. The van der Waals surface area contributed by atoms with E-state index in [9.17, 15) is 19.2 Å². The van der Waals surface area contributed by atoms with Crippen molar-refractivity contribution in [1.82, 2.24) is 15.3 Å². The van der Waals surface area contributed by atoms with Crippen LogP contribution in [0.4, 0.5) is 5.69 Å². The zero-order valence-corrected chi connectivity index (χ0v) is 23.9. The first-order chi connectivity index (χ1) is 20.9. The molecule has 0 bridgehead atoms. The fraction of sp³-hybridized carbons (Fsp3) is 0.200. The Balaban J connectivity index is 1.40. The van der Waals surface area contributed by atoms with Crippen LogP contribution in [0.2, 0.25) is 0 Å². The number of unbranched alkanes of at least 4 members (excludes halogenated alkanes) is 1. The summed E-state index contributed by atoms with van der Waals surface area (Å²) in [7, 11) is 1.59. The highest BCUT2D eigenvalue weighted by Gasteiger charge is 2.29. The van der Waals surface area contributed by atoms with Crippen molar-refractivity contribution in [1.29, 1.82) is 0 Å². The molecule has 2 aromatic heterocycles. The van der Waals surface area contributed by atoms with Crippen molar-refractivity contribution < 1.29 is 19.2 Å². The lowest BCUT2D eigenvalue weighted by Crippen LogP contribution is -2.29. The van der Waals surface area contributed by atoms with E-state index in [1.807, 2.05) is 54.6 Å². The Hall–Kier alpha value is -5.24. The van der Waals surface area contributed by atoms with Gasteiger partial charge in [-0.2, -0.15) is 0 Å². The number of nitrogens with one attached hydrogen (secondary N) is 2. The van der Waals surface area contributed by atoms with Gasteiger partial charge in [-0.1, -0.05) is 66.7 Å². The second-order valence-corrected chi connectivity index (χ2v) is 10.4. The van der Waals surface area contributed by atoms with Crippen molar-refractivity contribution in [3.8, 4) is 0 Å². The lowest BCUT2D eigenvalue weighted by atomic mass is 9.88. The number of pyridine rings is 2. The van der Waals surface area contributed by atoms with Gasteiger partial charge in [0.15, 0.2) is 11.6 Å². The number of carbonyl (C=O) groups is 4. The Kier molecular flexibility index (Phi) is 9.26. The van der Waals surface area contributed by atoms with Crippen LogP contribution in [0.3, 0.4) is 0 Å². The van der Waals surface area contributed by atoms with Gasteiger partial charge in [0.1, 0.15) is 5.92 Å². The van der Waals surface area contributed by atoms with Gasteiger partial charge in [-0.05, 0) is 42.2 Å². The first-order valence-corrected chi connectivity index (χ1v) is 14.3. The van der Waals surface area contributed by atoms with Crippen LogP contribution in [0.25, 0.3) is 21.8 Å². The van der Waals surface area contributed by atoms with Crippen LogP contribution in [-0.4, -0.2) is 40.4 Å². The Labute approximate surface area is 249 Å². The molecule has 0 spiro atoms. The van der Waals surface area contributed by atoms with E-state index in [4.69, 9.17) is 0 Å². The molecule has 43 heavy (non-hydrogen) atoms. The Morgan fingerprint density at radius 2 is 1.35 bits per heavy atom. The first kappa shape index (κ1) is 29.3. The van der Waals surface area contributed by atoms with Gasteiger partial charge < -0.3 is 10.6 Å². The summed E-state index contributed by atoms with van der Waals surface area (Å²) in [5.41, 5.74) is 3.56. The van der Waals surface area contributed by atoms with Gasteiger partial charge in [0.05, 0.1) is 16.7 Å². The standard InChI is InChI=1S/C35H32N4O4/c1-36-31(42)15-3-2-14-29(40)23-16-18-24(19-17-23)32(30(41)22-27-10-4-8-25-11-6-20-37-33(25)27)35(43)39-28-13-5-9-26-12-7-21-38-34(26)28/h4-13,16-21,32H,2-3,14-15,22H2,1H3,(H,36,42)(H,39,43). The van der Waals surface area contributed by atoms with Crippen molar-refractivity contribution in [2.45, 2.75) is 38.0 Å². The number of fused-ring (bicyclic) bond motifs is 2. The van der Waals surface area contributed by atoms with Crippen molar-refractivity contribution in [2.75, 3.05) is 12.4 Å². The molecule has 0 aliphatic carbocycles. The molecule has 0 saturated heterocycles. The molecule has 8 nitrogen and oxygen atoms in total. The van der Waals surface area contributed by atoms with E-state index in [-0.39, 0.29) is 23.9 Å². The van der Waals surface area contributed by atoms with Crippen LogP contribution < -0.4 is 10.6 Å². The maximum Gasteiger partial charge on any atom is 0.239 e. The Morgan fingerprint density at radius 1 is 0.721 bits per heavy atom. The van der Waals surface area contributed by atoms with Crippen LogP contribution >= 0.6 is 0 Å². The molecule has 1 atom stereocenters. The highest BCUT2D eigenvalue weighted by Crippen LogP contribution is 2.27. The van der Waals surface area contributed by atoms with E-state index >= 15 is 0 Å². The zero-order chi connectivity index (χ0) is 30.2. The molecule has 5 aromatic rings. The molecule has 2 N–H and O–H groups in total. The highest BCUT2D eigenvalue weighted by molar-refractivity contribution is 6.14. The zero-order valence-electron chi connectivity index (χ0n) is 23.9. The van der Waals surface area contributed by atoms with Crippen LogP contribution in [0, 0.1) is 0 Å². The predicted octanol–water partition coefficient (Wildman–Crippen LogP) is 5.81. The van der Waals surface area contributed by atoms with Crippen molar-refractivity contribution in [3.05, 3.63) is 114 Å². The molecule has 8 heteroatoms. The maximum atomic E-state index is 13.9. The van der Waals surface area contributed by atoms with Gasteiger partial charge in [-0.15, -0.1) is 0 Å². The lowest BCUT2D eigenvalue weighted by molar-refractivity contribution is -0.127. The fourth-order valence-corrected chi connectivity index (χ4v) is 5.20. The number of aromatic nitrogens is 2. The molecule has 216 valence electrons.